The number of ether oxygens (including phenoxy) is 1. The molecule has 8 nitrogen and oxygen atoms in total. The molecule has 1 aromatic rings. The monoisotopic (exact) mass is 306 g/mol. The summed E-state index contributed by atoms with van der Waals surface area (Å²) in [6, 6.07) is 4.71. The zero-order valence-corrected chi connectivity index (χ0v) is 12.1. The number of carbonyl (C=O) groups excluding carboxylic acids is 2. The van der Waals surface area contributed by atoms with Crippen LogP contribution in [0.3, 0.4) is 0 Å². The van der Waals surface area contributed by atoms with Gasteiger partial charge in [0.25, 0.3) is 0 Å². The van der Waals surface area contributed by atoms with Crippen LogP contribution in [0, 0.1) is 5.21 Å². The topological polar surface area (TPSA) is 114 Å². The maximum Gasteiger partial charge on any atom is 0.338 e. The number of hydrogen-bond donors (Lipinski definition) is 3. The van der Waals surface area contributed by atoms with Gasteiger partial charge in [0.1, 0.15) is 0 Å². The number of urea groups is 1. The van der Waals surface area contributed by atoms with Crippen molar-refractivity contribution in [3.05, 3.63) is 46.3 Å². The number of hydrogen-bond acceptors (Lipinski definition) is 6. The molecule has 3 N–H and O–H groups in total. The van der Waals surface area contributed by atoms with Crippen molar-refractivity contribution in [2.45, 2.75) is 19.9 Å². The maximum absolute atomic E-state index is 12.2. The van der Waals surface area contributed by atoms with Gasteiger partial charge < -0.3 is 25.8 Å². The highest BCUT2D eigenvalue weighted by atomic mass is 16.8. The van der Waals surface area contributed by atoms with Crippen LogP contribution in [0.25, 0.3) is 0 Å². The zero-order valence-electron chi connectivity index (χ0n) is 12.1. The number of nitrogens with zero attached hydrogens (tertiary/aromatic N) is 1. The second kappa shape index (κ2) is 6.46. The van der Waals surface area contributed by atoms with Gasteiger partial charge in [-0.05, 0) is 19.9 Å². The smallest absolute Gasteiger partial charge is 0.338 e. The summed E-state index contributed by atoms with van der Waals surface area (Å²) in [6.45, 7) is 3.40. The lowest BCUT2D eigenvalue weighted by atomic mass is 9.94. The van der Waals surface area contributed by atoms with Gasteiger partial charge in [0.2, 0.25) is 0 Å². The lowest BCUT2D eigenvalue weighted by Gasteiger charge is -2.32. The molecule has 118 valence electrons. The Kier molecular flexibility index (Phi) is 4.64. The number of rotatable bonds is 4. The van der Waals surface area contributed by atoms with Crippen molar-refractivity contribution in [1.82, 2.24) is 10.6 Å². The number of benzene rings is 1. The van der Waals surface area contributed by atoms with Crippen molar-refractivity contribution in [2.75, 3.05) is 11.8 Å². The summed E-state index contributed by atoms with van der Waals surface area (Å²) in [6.07, 6.45) is 0. The Balaban J connectivity index is 2.53. The van der Waals surface area contributed by atoms with Crippen LogP contribution in [0.4, 0.5) is 10.5 Å². The molecule has 8 heteroatoms. The van der Waals surface area contributed by atoms with Crippen molar-refractivity contribution in [1.29, 1.82) is 0 Å². The number of nitrogens with one attached hydrogen (secondary N) is 2. The fourth-order valence-corrected chi connectivity index (χ4v) is 2.31. The van der Waals surface area contributed by atoms with Crippen LogP contribution in [-0.2, 0) is 9.53 Å². The fraction of sp³-hybridized carbons (Fsp3) is 0.286. The van der Waals surface area contributed by atoms with Crippen LogP contribution in [0.15, 0.2) is 35.5 Å². The predicted molar refractivity (Wildman–Crippen MR) is 77.8 cm³/mol. The van der Waals surface area contributed by atoms with Crippen LogP contribution < -0.4 is 15.9 Å². The molecule has 0 saturated carbocycles. The average Bonchev–Trinajstić information content (AvgIpc) is 2.46. The van der Waals surface area contributed by atoms with E-state index < -0.39 is 18.0 Å². The Morgan fingerprint density at radius 1 is 1.45 bits per heavy atom. The molecule has 1 atom stereocenters. The minimum Gasteiger partial charge on any atom is -0.733 e. The summed E-state index contributed by atoms with van der Waals surface area (Å²) in [5.41, 5.74) is 0.731. The van der Waals surface area contributed by atoms with Crippen molar-refractivity contribution >= 4 is 17.7 Å². The van der Waals surface area contributed by atoms with E-state index in [1.54, 1.807) is 32.0 Å². The lowest BCUT2D eigenvalue weighted by molar-refractivity contribution is -0.139. The second-order valence-corrected chi connectivity index (χ2v) is 4.62. The van der Waals surface area contributed by atoms with Crippen LogP contribution in [0.5, 0.6) is 0 Å². The minimum atomic E-state index is -0.896. The highest BCUT2D eigenvalue weighted by molar-refractivity contribution is 5.95. The van der Waals surface area contributed by atoms with Gasteiger partial charge in [0.15, 0.2) is 0 Å². The standard InChI is InChI=1S/C14H16N3O5/c1-3-22-13(18)11-8(2)15-14(19)16-12(11)9-6-4-5-7-10(9)17(20)21/h4-7,12,20H,3H2,1-2H3,(H2,15,16,19)/q-1. The molecule has 0 aliphatic carbocycles. The first-order chi connectivity index (χ1) is 10.5. The second-order valence-electron chi connectivity index (χ2n) is 4.62. The number of carbonyl (C=O) groups is 2. The summed E-state index contributed by atoms with van der Waals surface area (Å²) in [4.78, 5) is 23.9. The molecule has 2 rings (SSSR count). The number of amides is 2. The van der Waals surface area contributed by atoms with Gasteiger partial charge in [-0.1, -0.05) is 18.2 Å². The van der Waals surface area contributed by atoms with E-state index in [4.69, 9.17) is 4.74 Å². The first-order valence-electron chi connectivity index (χ1n) is 6.66. The number of anilines is 1. The Morgan fingerprint density at radius 3 is 2.77 bits per heavy atom. The SMILES string of the molecule is CCOC(=O)C1=C(C)NC(=O)NC1c1ccccc1N([O-])O. The molecule has 0 spiro atoms. The molecule has 0 saturated heterocycles. The minimum absolute atomic E-state index is 0.0655. The first-order valence-corrected chi connectivity index (χ1v) is 6.66. The van der Waals surface area contributed by atoms with Gasteiger partial charge in [-0.25, -0.2) is 9.59 Å². The molecule has 1 aromatic carbocycles. The molecule has 1 unspecified atom stereocenters. The van der Waals surface area contributed by atoms with E-state index in [1.807, 2.05) is 0 Å². The van der Waals surface area contributed by atoms with E-state index in [-0.39, 0.29) is 28.7 Å². The fourth-order valence-electron chi connectivity index (χ4n) is 2.31. The van der Waals surface area contributed by atoms with E-state index in [0.29, 0.717) is 5.70 Å². The largest absolute Gasteiger partial charge is 0.733 e. The lowest BCUT2D eigenvalue weighted by Crippen LogP contribution is -2.45. The number of esters is 1. The summed E-state index contributed by atoms with van der Waals surface area (Å²) < 4.78 is 5.00. The van der Waals surface area contributed by atoms with Gasteiger partial charge in [0, 0.05) is 11.3 Å². The molecule has 0 fully saturated rings. The Morgan fingerprint density at radius 2 is 2.14 bits per heavy atom. The molecule has 22 heavy (non-hydrogen) atoms. The van der Waals surface area contributed by atoms with E-state index >= 15 is 0 Å². The first kappa shape index (κ1) is 15.8. The average molecular weight is 306 g/mol. The predicted octanol–water partition coefficient (Wildman–Crippen LogP) is 1.57. The van der Waals surface area contributed by atoms with Crippen molar-refractivity contribution in [2.24, 2.45) is 0 Å². The van der Waals surface area contributed by atoms with Gasteiger partial charge in [-0.3, -0.25) is 5.21 Å². The van der Waals surface area contributed by atoms with Crippen LogP contribution in [-0.4, -0.2) is 23.8 Å². The number of allylic oxidation sites excluding steroid dienone is 1. The zero-order chi connectivity index (χ0) is 16.3. The Labute approximate surface area is 126 Å². The summed E-state index contributed by atoms with van der Waals surface area (Å²) >= 11 is 0. The van der Waals surface area contributed by atoms with E-state index in [0.717, 1.165) is 0 Å². The molecular weight excluding hydrogens is 290 g/mol. The van der Waals surface area contributed by atoms with Gasteiger partial charge in [-0.15, -0.1) is 0 Å². The van der Waals surface area contributed by atoms with Crippen LogP contribution in [0.2, 0.25) is 0 Å². The molecule has 0 radical (unpaired) electrons. The number of para-hydroxylation sites is 1. The molecule has 0 aromatic heterocycles. The molecule has 1 heterocycles. The van der Waals surface area contributed by atoms with E-state index in [9.17, 15) is 20.0 Å². The maximum atomic E-state index is 12.2. The summed E-state index contributed by atoms with van der Waals surface area (Å²) in [5, 5.41) is 25.2. The van der Waals surface area contributed by atoms with Crippen molar-refractivity contribution in [3.8, 4) is 0 Å². The Hall–Kier alpha value is -2.58. The summed E-state index contributed by atoms with van der Waals surface area (Å²) in [7, 11) is 0. The van der Waals surface area contributed by atoms with Crippen molar-refractivity contribution in [3.63, 3.8) is 0 Å². The van der Waals surface area contributed by atoms with E-state index in [1.165, 1.54) is 6.07 Å². The van der Waals surface area contributed by atoms with Gasteiger partial charge >= 0.3 is 12.0 Å². The molecule has 1 aliphatic rings. The Bertz CT molecular complexity index is 627. The van der Waals surface area contributed by atoms with Crippen molar-refractivity contribution < 1.29 is 19.5 Å². The van der Waals surface area contributed by atoms with Crippen LogP contribution >= 0.6 is 0 Å². The van der Waals surface area contributed by atoms with Crippen LogP contribution in [0.1, 0.15) is 25.5 Å². The third-order valence-electron chi connectivity index (χ3n) is 3.22. The highest BCUT2D eigenvalue weighted by Gasteiger charge is 2.33. The highest BCUT2D eigenvalue weighted by Crippen LogP contribution is 2.33. The molecule has 0 bridgehead atoms. The third-order valence-corrected chi connectivity index (χ3v) is 3.22. The normalized spacial score (nSPS) is 17.6. The van der Waals surface area contributed by atoms with E-state index in [2.05, 4.69) is 10.6 Å². The van der Waals surface area contributed by atoms with Gasteiger partial charge in [0.05, 0.1) is 23.9 Å². The molecule has 2 amide bonds. The van der Waals surface area contributed by atoms with Gasteiger partial charge in [-0.2, -0.15) is 0 Å². The molecular formula is C14H16N3O5-. The third kappa shape index (κ3) is 3.02. The summed E-state index contributed by atoms with van der Waals surface area (Å²) in [5.74, 6) is -0.609. The quantitative estimate of drug-likeness (QED) is 0.574. The molecule has 1 aliphatic heterocycles.